The van der Waals surface area contributed by atoms with Crippen molar-refractivity contribution in [2.24, 2.45) is 5.92 Å². The molecule has 0 aliphatic heterocycles. The van der Waals surface area contributed by atoms with Crippen molar-refractivity contribution in [2.45, 2.75) is 45.8 Å². The summed E-state index contributed by atoms with van der Waals surface area (Å²) in [5, 5.41) is 20.9. The fourth-order valence-electron chi connectivity index (χ4n) is 2.41. The zero-order chi connectivity index (χ0) is 14.9. The number of nitrogens with zero attached hydrogens (tertiary/aromatic N) is 2. The molecule has 0 heterocycles. The third-order valence-corrected chi connectivity index (χ3v) is 3.54. The second-order valence-corrected chi connectivity index (χ2v) is 5.96. The Kier molecular flexibility index (Phi) is 4.28. The molecular formula is C15H22N2O3. The van der Waals surface area contributed by atoms with E-state index >= 15 is 0 Å². The number of hydrogen-bond donors (Lipinski definition) is 1. The van der Waals surface area contributed by atoms with Crippen LogP contribution >= 0.6 is 0 Å². The first-order valence-corrected chi connectivity index (χ1v) is 7.13. The van der Waals surface area contributed by atoms with E-state index in [2.05, 4.69) is 18.7 Å². The quantitative estimate of drug-likeness (QED) is 0.640. The lowest BCUT2D eigenvalue weighted by Crippen LogP contribution is -2.30. The van der Waals surface area contributed by atoms with E-state index in [1.54, 1.807) is 19.1 Å². The largest absolute Gasteiger partial charge is 0.389 e. The number of anilines is 1. The molecule has 1 aliphatic carbocycles. The average Bonchev–Trinajstić information content (AvgIpc) is 3.19. The number of aliphatic hydroxyl groups excluding tert-OH is 1. The molecule has 20 heavy (non-hydrogen) atoms. The Morgan fingerprint density at radius 1 is 1.40 bits per heavy atom. The summed E-state index contributed by atoms with van der Waals surface area (Å²) in [6.07, 6.45) is 1.51. The summed E-state index contributed by atoms with van der Waals surface area (Å²) < 4.78 is 0. The van der Waals surface area contributed by atoms with Crippen molar-refractivity contribution in [3.8, 4) is 0 Å². The van der Waals surface area contributed by atoms with E-state index in [0.29, 0.717) is 23.2 Å². The van der Waals surface area contributed by atoms with Crippen LogP contribution in [0.25, 0.3) is 0 Å². The van der Waals surface area contributed by atoms with Gasteiger partial charge in [0.15, 0.2) is 0 Å². The highest BCUT2D eigenvalue weighted by Gasteiger charge is 2.33. The molecule has 0 radical (unpaired) electrons. The fourth-order valence-corrected chi connectivity index (χ4v) is 2.41. The minimum absolute atomic E-state index is 0.0935. The lowest BCUT2D eigenvalue weighted by atomic mass is 10.1. The second kappa shape index (κ2) is 5.79. The van der Waals surface area contributed by atoms with E-state index in [0.717, 1.165) is 19.4 Å². The fraction of sp³-hybridized carbons (Fsp3) is 0.600. The Labute approximate surface area is 119 Å². The molecule has 1 N–H and O–H groups in total. The van der Waals surface area contributed by atoms with E-state index in [4.69, 9.17) is 0 Å². The standard InChI is InChI=1S/C15H22N2O3/c1-10(2)9-16(13-5-6-13)14-7-4-12(11(3)18)8-15(14)17(19)20/h4,7-8,10-11,13,18H,5-6,9H2,1-3H3/t11-/m1/s1. The number of hydrogen-bond acceptors (Lipinski definition) is 4. The highest BCUT2D eigenvalue weighted by atomic mass is 16.6. The summed E-state index contributed by atoms with van der Waals surface area (Å²) in [4.78, 5) is 13.1. The van der Waals surface area contributed by atoms with Gasteiger partial charge >= 0.3 is 0 Å². The van der Waals surface area contributed by atoms with Gasteiger partial charge in [-0.1, -0.05) is 19.9 Å². The molecule has 1 aliphatic rings. The van der Waals surface area contributed by atoms with Crippen LogP contribution < -0.4 is 4.90 Å². The lowest BCUT2D eigenvalue weighted by Gasteiger charge is -2.26. The molecule has 0 unspecified atom stereocenters. The smallest absolute Gasteiger partial charge is 0.292 e. The molecule has 2 rings (SSSR count). The third-order valence-electron chi connectivity index (χ3n) is 3.54. The van der Waals surface area contributed by atoms with E-state index in [1.807, 2.05) is 0 Å². The Bertz CT molecular complexity index is 496. The third kappa shape index (κ3) is 3.28. The van der Waals surface area contributed by atoms with Crippen molar-refractivity contribution in [1.29, 1.82) is 0 Å². The van der Waals surface area contributed by atoms with Gasteiger partial charge in [-0.2, -0.15) is 0 Å². The van der Waals surface area contributed by atoms with E-state index < -0.39 is 6.10 Å². The normalized spacial score (nSPS) is 16.2. The van der Waals surface area contributed by atoms with Gasteiger partial charge in [-0.3, -0.25) is 10.1 Å². The molecule has 0 spiro atoms. The van der Waals surface area contributed by atoms with Gasteiger partial charge in [-0.05, 0) is 37.3 Å². The number of nitro groups is 1. The van der Waals surface area contributed by atoms with Crippen LogP contribution in [0.3, 0.4) is 0 Å². The summed E-state index contributed by atoms with van der Waals surface area (Å²) in [7, 11) is 0. The molecule has 110 valence electrons. The Morgan fingerprint density at radius 2 is 2.05 bits per heavy atom. The Hall–Kier alpha value is -1.62. The molecule has 0 bridgehead atoms. The first kappa shape index (κ1) is 14.8. The van der Waals surface area contributed by atoms with Crippen LogP contribution in [0.1, 0.15) is 45.3 Å². The maximum atomic E-state index is 11.3. The van der Waals surface area contributed by atoms with Gasteiger partial charge in [-0.15, -0.1) is 0 Å². The van der Waals surface area contributed by atoms with Crippen molar-refractivity contribution in [1.82, 2.24) is 0 Å². The van der Waals surface area contributed by atoms with Crippen LogP contribution in [0, 0.1) is 16.0 Å². The topological polar surface area (TPSA) is 66.6 Å². The molecule has 1 saturated carbocycles. The highest BCUT2D eigenvalue weighted by Crippen LogP contribution is 2.38. The molecule has 0 aromatic heterocycles. The predicted molar refractivity (Wildman–Crippen MR) is 78.9 cm³/mol. The summed E-state index contributed by atoms with van der Waals surface area (Å²) in [5.41, 5.74) is 1.35. The van der Waals surface area contributed by atoms with Gasteiger partial charge in [0.25, 0.3) is 5.69 Å². The maximum absolute atomic E-state index is 11.3. The molecule has 1 fully saturated rings. The van der Waals surface area contributed by atoms with Crippen molar-refractivity contribution < 1.29 is 10.0 Å². The van der Waals surface area contributed by atoms with Gasteiger partial charge in [-0.25, -0.2) is 0 Å². The predicted octanol–water partition coefficient (Wildman–Crippen LogP) is 3.27. The van der Waals surface area contributed by atoms with Crippen LogP contribution in [-0.2, 0) is 0 Å². The summed E-state index contributed by atoms with van der Waals surface area (Å²) in [6.45, 7) is 6.67. The first-order chi connectivity index (χ1) is 9.40. The number of nitro benzene ring substituents is 1. The molecule has 1 aromatic rings. The zero-order valence-electron chi connectivity index (χ0n) is 12.2. The van der Waals surface area contributed by atoms with Crippen LogP contribution in [0.2, 0.25) is 0 Å². The molecule has 0 saturated heterocycles. The summed E-state index contributed by atoms with van der Waals surface area (Å²) >= 11 is 0. The number of rotatable bonds is 6. The molecule has 1 aromatic carbocycles. The monoisotopic (exact) mass is 278 g/mol. The van der Waals surface area contributed by atoms with Gasteiger partial charge in [0.05, 0.1) is 11.0 Å². The van der Waals surface area contributed by atoms with E-state index in [9.17, 15) is 15.2 Å². The first-order valence-electron chi connectivity index (χ1n) is 7.13. The summed E-state index contributed by atoms with van der Waals surface area (Å²) in [6, 6.07) is 5.48. The van der Waals surface area contributed by atoms with Crippen LogP contribution in [0.5, 0.6) is 0 Å². The minimum atomic E-state index is -0.692. The molecule has 5 nitrogen and oxygen atoms in total. The molecular weight excluding hydrogens is 256 g/mol. The molecule has 1 atom stereocenters. The van der Waals surface area contributed by atoms with Gasteiger partial charge in [0.1, 0.15) is 5.69 Å². The highest BCUT2D eigenvalue weighted by molar-refractivity contribution is 5.65. The van der Waals surface area contributed by atoms with Crippen molar-refractivity contribution in [3.05, 3.63) is 33.9 Å². The Morgan fingerprint density at radius 3 is 2.50 bits per heavy atom. The number of aliphatic hydroxyl groups is 1. The van der Waals surface area contributed by atoms with Crippen molar-refractivity contribution in [2.75, 3.05) is 11.4 Å². The van der Waals surface area contributed by atoms with E-state index in [-0.39, 0.29) is 10.6 Å². The number of benzene rings is 1. The van der Waals surface area contributed by atoms with Crippen molar-refractivity contribution >= 4 is 11.4 Å². The average molecular weight is 278 g/mol. The van der Waals surface area contributed by atoms with Crippen LogP contribution in [0.15, 0.2) is 18.2 Å². The summed E-state index contributed by atoms with van der Waals surface area (Å²) in [5.74, 6) is 0.451. The SMILES string of the molecule is CC(C)CN(c1ccc([C@@H](C)O)cc1[N+](=O)[O-])C1CC1. The lowest BCUT2D eigenvalue weighted by molar-refractivity contribution is -0.384. The van der Waals surface area contributed by atoms with E-state index in [1.165, 1.54) is 6.07 Å². The second-order valence-electron chi connectivity index (χ2n) is 5.96. The van der Waals surface area contributed by atoms with Crippen LogP contribution in [0.4, 0.5) is 11.4 Å². The van der Waals surface area contributed by atoms with Gasteiger partial charge in [0.2, 0.25) is 0 Å². The van der Waals surface area contributed by atoms with Gasteiger partial charge < -0.3 is 10.0 Å². The van der Waals surface area contributed by atoms with Crippen molar-refractivity contribution in [3.63, 3.8) is 0 Å². The zero-order valence-corrected chi connectivity index (χ0v) is 12.2. The Balaban J connectivity index is 2.40. The molecule has 0 amide bonds. The maximum Gasteiger partial charge on any atom is 0.292 e. The minimum Gasteiger partial charge on any atom is -0.389 e. The van der Waals surface area contributed by atoms with Crippen LogP contribution in [-0.4, -0.2) is 22.6 Å². The molecule has 5 heteroatoms. The van der Waals surface area contributed by atoms with Gasteiger partial charge in [0, 0.05) is 18.7 Å².